The zero-order valence-electron chi connectivity index (χ0n) is 11.3. The molecule has 0 atom stereocenters. The van der Waals surface area contributed by atoms with Gasteiger partial charge < -0.3 is 5.11 Å². The average molecular weight is 248 g/mol. The lowest BCUT2D eigenvalue weighted by molar-refractivity contribution is 0.196. The standard InChI is InChI=1S/C15H24N2O/c1-14-4-2-5-15(12-14)13-17-7-3-6-16(8-9-17)10-11-18/h2,4-5,12,18H,3,6-11,13H2,1H3. The first kappa shape index (κ1) is 13.5. The van der Waals surface area contributed by atoms with E-state index in [0.29, 0.717) is 0 Å². The summed E-state index contributed by atoms with van der Waals surface area (Å²) in [7, 11) is 0. The van der Waals surface area contributed by atoms with Crippen LogP contribution in [0.3, 0.4) is 0 Å². The molecule has 1 aromatic rings. The molecule has 0 aromatic heterocycles. The first-order chi connectivity index (χ1) is 8.78. The Morgan fingerprint density at radius 2 is 1.89 bits per heavy atom. The zero-order chi connectivity index (χ0) is 12.8. The fourth-order valence-corrected chi connectivity index (χ4v) is 2.62. The minimum Gasteiger partial charge on any atom is -0.395 e. The van der Waals surface area contributed by atoms with E-state index in [-0.39, 0.29) is 6.61 Å². The molecule has 0 radical (unpaired) electrons. The van der Waals surface area contributed by atoms with Crippen molar-refractivity contribution in [3.8, 4) is 0 Å². The van der Waals surface area contributed by atoms with Crippen LogP contribution in [0.1, 0.15) is 17.5 Å². The highest BCUT2D eigenvalue weighted by atomic mass is 16.3. The second-order valence-corrected chi connectivity index (χ2v) is 5.18. The van der Waals surface area contributed by atoms with Crippen molar-refractivity contribution in [1.82, 2.24) is 9.80 Å². The Morgan fingerprint density at radius 1 is 1.11 bits per heavy atom. The van der Waals surface area contributed by atoms with Crippen molar-refractivity contribution in [2.75, 3.05) is 39.3 Å². The summed E-state index contributed by atoms with van der Waals surface area (Å²) in [6.45, 7) is 8.75. The van der Waals surface area contributed by atoms with Crippen LogP contribution in [0.4, 0.5) is 0 Å². The summed E-state index contributed by atoms with van der Waals surface area (Å²) < 4.78 is 0. The van der Waals surface area contributed by atoms with E-state index in [1.54, 1.807) is 0 Å². The van der Waals surface area contributed by atoms with Gasteiger partial charge in [-0.2, -0.15) is 0 Å². The van der Waals surface area contributed by atoms with Gasteiger partial charge in [-0.25, -0.2) is 0 Å². The van der Waals surface area contributed by atoms with Crippen LogP contribution in [0.15, 0.2) is 24.3 Å². The predicted molar refractivity (Wildman–Crippen MR) is 74.6 cm³/mol. The first-order valence-corrected chi connectivity index (χ1v) is 6.89. The molecular formula is C15H24N2O. The Balaban J connectivity index is 1.87. The fraction of sp³-hybridized carbons (Fsp3) is 0.600. The summed E-state index contributed by atoms with van der Waals surface area (Å²) >= 11 is 0. The molecule has 3 heteroatoms. The first-order valence-electron chi connectivity index (χ1n) is 6.89. The highest BCUT2D eigenvalue weighted by Crippen LogP contribution is 2.10. The van der Waals surface area contributed by atoms with Crippen LogP contribution < -0.4 is 0 Å². The minimum absolute atomic E-state index is 0.276. The number of benzene rings is 1. The molecule has 18 heavy (non-hydrogen) atoms. The van der Waals surface area contributed by atoms with Gasteiger partial charge in [-0.1, -0.05) is 29.8 Å². The average Bonchev–Trinajstić information content (AvgIpc) is 2.56. The number of β-amino-alcohol motifs (C(OH)–C–C–N with tert-alkyl or cyclic N) is 1. The van der Waals surface area contributed by atoms with Gasteiger partial charge in [0.1, 0.15) is 0 Å². The van der Waals surface area contributed by atoms with Crippen LogP contribution in [0.5, 0.6) is 0 Å². The highest BCUT2D eigenvalue weighted by Gasteiger charge is 2.14. The quantitative estimate of drug-likeness (QED) is 0.874. The molecule has 0 unspecified atom stereocenters. The van der Waals surface area contributed by atoms with Crippen molar-refractivity contribution >= 4 is 0 Å². The SMILES string of the molecule is Cc1cccc(CN2CCCN(CCO)CC2)c1. The topological polar surface area (TPSA) is 26.7 Å². The number of aliphatic hydroxyl groups excluding tert-OH is 1. The summed E-state index contributed by atoms with van der Waals surface area (Å²) in [5, 5.41) is 8.99. The van der Waals surface area contributed by atoms with Crippen LogP contribution in [0.2, 0.25) is 0 Å². The monoisotopic (exact) mass is 248 g/mol. The molecule has 1 aromatic carbocycles. The van der Waals surface area contributed by atoms with Gasteiger partial charge in [0.2, 0.25) is 0 Å². The van der Waals surface area contributed by atoms with Crippen molar-refractivity contribution in [2.24, 2.45) is 0 Å². The van der Waals surface area contributed by atoms with Crippen LogP contribution in [-0.2, 0) is 6.54 Å². The molecule has 3 nitrogen and oxygen atoms in total. The molecule has 2 rings (SSSR count). The van der Waals surface area contributed by atoms with Gasteiger partial charge in [-0.05, 0) is 32.0 Å². The lowest BCUT2D eigenvalue weighted by Gasteiger charge is -2.21. The Hall–Kier alpha value is -0.900. The van der Waals surface area contributed by atoms with Gasteiger partial charge in [-0.15, -0.1) is 0 Å². The lowest BCUT2D eigenvalue weighted by atomic mass is 10.1. The van der Waals surface area contributed by atoms with Gasteiger partial charge in [0, 0.05) is 26.2 Å². The van der Waals surface area contributed by atoms with Gasteiger partial charge in [0.15, 0.2) is 0 Å². The maximum absolute atomic E-state index is 8.99. The van der Waals surface area contributed by atoms with Crippen molar-refractivity contribution in [3.05, 3.63) is 35.4 Å². The van der Waals surface area contributed by atoms with Crippen molar-refractivity contribution in [1.29, 1.82) is 0 Å². The third kappa shape index (κ3) is 4.09. The van der Waals surface area contributed by atoms with Crippen LogP contribution in [0.25, 0.3) is 0 Å². The molecule has 1 aliphatic heterocycles. The molecule has 1 aliphatic rings. The summed E-state index contributed by atoms with van der Waals surface area (Å²) in [6.07, 6.45) is 1.20. The molecule has 100 valence electrons. The van der Waals surface area contributed by atoms with E-state index in [2.05, 4.69) is 41.0 Å². The summed E-state index contributed by atoms with van der Waals surface area (Å²) in [5.74, 6) is 0. The van der Waals surface area contributed by atoms with Crippen LogP contribution >= 0.6 is 0 Å². The number of nitrogens with zero attached hydrogens (tertiary/aromatic N) is 2. The smallest absolute Gasteiger partial charge is 0.0558 e. The van der Waals surface area contributed by atoms with E-state index in [1.165, 1.54) is 17.5 Å². The Bertz CT molecular complexity index is 367. The van der Waals surface area contributed by atoms with Gasteiger partial charge in [0.05, 0.1) is 6.61 Å². The molecule has 1 N–H and O–H groups in total. The number of aliphatic hydroxyl groups is 1. The summed E-state index contributed by atoms with van der Waals surface area (Å²) in [6, 6.07) is 8.77. The number of aryl methyl sites for hydroxylation is 1. The molecule has 0 saturated carbocycles. The van der Waals surface area contributed by atoms with Crippen LogP contribution in [0, 0.1) is 6.92 Å². The normalized spacial score (nSPS) is 18.8. The molecule has 1 fully saturated rings. The molecule has 0 aliphatic carbocycles. The Morgan fingerprint density at radius 3 is 2.67 bits per heavy atom. The van der Waals surface area contributed by atoms with E-state index >= 15 is 0 Å². The molecule has 0 spiro atoms. The maximum atomic E-state index is 8.99. The third-order valence-electron chi connectivity index (χ3n) is 3.59. The minimum atomic E-state index is 0.276. The Labute approximate surface area is 110 Å². The molecule has 0 bridgehead atoms. The van der Waals surface area contributed by atoms with E-state index < -0.39 is 0 Å². The number of rotatable bonds is 4. The van der Waals surface area contributed by atoms with Crippen LogP contribution in [-0.4, -0.2) is 54.2 Å². The van der Waals surface area contributed by atoms with E-state index in [9.17, 15) is 0 Å². The molecule has 1 heterocycles. The fourth-order valence-electron chi connectivity index (χ4n) is 2.62. The zero-order valence-corrected chi connectivity index (χ0v) is 11.3. The molecule has 0 amide bonds. The van der Waals surface area contributed by atoms with E-state index in [1.807, 2.05) is 0 Å². The van der Waals surface area contributed by atoms with Crippen molar-refractivity contribution in [3.63, 3.8) is 0 Å². The van der Waals surface area contributed by atoms with E-state index in [0.717, 1.165) is 39.3 Å². The van der Waals surface area contributed by atoms with Gasteiger partial charge >= 0.3 is 0 Å². The summed E-state index contributed by atoms with van der Waals surface area (Å²) in [5.41, 5.74) is 2.75. The van der Waals surface area contributed by atoms with E-state index in [4.69, 9.17) is 5.11 Å². The van der Waals surface area contributed by atoms with Gasteiger partial charge in [-0.3, -0.25) is 9.80 Å². The largest absolute Gasteiger partial charge is 0.395 e. The van der Waals surface area contributed by atoms with Crippen molar-refractivity contribution < 1.29 is 5.11 Å². The predicted octanol–water partition coefficient (Wildman–Crippen LogP) is 1.50. The second-order valence-electron chi connectivity index (χ2n) is 5.18. The third-order valence-corrected chi connectivity index (χ3v) is 3.59. The van der Waals surface area contributed by atoms with Crippen molar-refractivity contribution in [2.45, 2.75) is 19.9 Å². The molecule has 1 saturated heterocycles. The number of hydrogen-bond acceptors (Lipinski definition) is 3. The summed E-state index contributed by atoms with van der Waals surface area (Å²) in [4.78, 5) is 4.88. The highest BCUT2D eigenvalue weighted by molar-refractivity contribution is 5.22. The molecular weight excluding hydrogens is 224 g/mol. The number of hydrogen-bond donors (Lipinski definition) is 1. The lowest BCUT2D eigenvalue weighted by Crippen LogP contribution is -2.32. The Kier molecular flexibility index (Phi) is 5.17. The second kappa shape index (κ2) is 6.88. The maximum Gasteiger partial charge on any atom is 0.0558 e. The van der Waals surface area contributed by atoms with Gasteiger partial charge in [0.25, 0.3) is 0 Å².